The number of furan rings is 1. The monoisotopic (exact) mass is 352 g/mol. The van der Waals surface area contributed by atoms with Crippen molar-refractivity contribution in [2.75, 3.05) is 26.2 Å². The van der Waals surface area contributed by atoms with Gasteiger partial charge in [-0.15, -0.1) is 0 Å². The van der Waals surface area contributed by atoms with Gasteiger partial charge in [0.05, 0.1) is 32.4 Å². The minimum Gasteiger partial charge on any atom is -0.459 e. The Morgan fingerprint density at radius 3 is 2.65 bits per heavy atom. The summed E-state index contributed by atoms with van der Waals surface area (Å²) in [5, 5.41) is 0.968. The molecule has 0 aliphatic carbocycles. The van der Waals surface area contributed by atoms with E-state index in [1.165, 1.54) is 11.2 Å². The third-order valence-electron chi connectivity index (χ3n) is 5.29. The maximum absolute atomic E-state index is 13.0. The third kappa shape index (κ3) is 2.93. The van der Waals surface area contributed by atoms with Crippen molar-refractivity contribution in [1.82, 2.24) is 9.88 Å². The first-order valence-corrected chi connectivity index (χ1v) is 8.93. The summed E-state index contributed by atoms with van der Waals surface area (Å²) in [6, 6.07) is 11.1. The minimum absolute atomic E-state index is 0.0790. The van der Waals surface area contributed by atoms with Crippen LogP contribution in [-0.2, 0) is 0 Å². The maximum Gasteiger partial charge on any atom is 0.289 e. The zero-order valence-electron chi connectivity index (χ0n) is 14.7. The number of nitrogens with zero attached hydrogens (tertiary/aromatic N) is 1. The molecule has 2 aromatic heterocycles. The van der Waals surface area contributed by atoms with E-state index in [0.29, 0.717) is 18.8 Å². The van der Waals surface area contributed by atoms with Crippen LogP contribution in [0.4, 0.5) is 0 Å². The summed E-state index contributed by atoms with van der Waals surface area (Å²) in [7, 11) is 0. The lowest BCUT2D eigenvalue weighted by atomic mass is 10.0. The second-order valence-corrected chi connectivity index (χ2v) is 6.76. The van der Waals surface area contributed by atoms with Gasteiger partial charge in [0.2, 0.25) is 5.78 Å². The van der Waals surface area contributed by atoms with Gasteiger partial charge in [-0.25, -0.2) is 0 Å². The van der Waals surface area contributed by atoms with Crippen LogP contribution < -0.4 is 4.90 Å². The summed E-state index contributed by atoms with van der Waals surface area (Å²) in [6.45, 7) is 4.73. The first-order chi connectivity index (χ1) is 12.6. The summed E-state index contributed by atoms with van der Waals surface area (Å²) in [6.07, 6.45) is 3.32. The van der Waals surface area contributed by atoms with E-state index in [1.807, 2.05) is 31.2 Å². The van der Waals surface area contributed by atoms with E-state index in [-0.39, 0.29) is 17.7 Å². The normalized spacial score (nSPS) is 16.7. The minimum atomic E-state index is -0.143. The molecule has 6 nitrogen and oxygen atoms in total. The van der Waals surface area contributed by atoms with E-state index in [0.717, 1.165) is 29.6 Å². The Balaban J connectivity index is 1.42. The van der Waals surface area contributed by atoms with Crippen molar-refractivity contribution in [1.29, 1.82) is 0 Å². The van der Waals surface area contributed by atoms with Gasteiger partial charge in [0.15, 0.2) is 5.76 Å². The molecule has 1 amide bonds. The molecule has 134 valence electrons. The average molecular weight is 352 g/mol. The summed E-state index contributed by atoms with van der Waals surface area (Å²) in [5.41, 5.74) is 1.72. The molecular weight excluding hydrogens is 330 g/mol. The number of hydrogen-bond donors (Lipinski definition) is 2. The van der Waals surface area contributed by atoms with E-state index in [9.17, 15) is 9.59 Å². The number of H-pyrrole nitrogens is 1. The first kappa shape index (κ1) is 16.6. The van der Waals surface area contributed by atoms with E-state index < -0.39 is 0 Å². The van der Waals surface area contributed by atoms with Crippen LogP contribution >= 0.6 is 0 Å². The smallest absolute Gasteiger partial charge is 0.289 e. The van der Waals surface area contributed by atoms with Gasteiger partial charge in [0.1, 0.15) is 6.04 Å². The predicted molar refractivity (Wildman–Crippen MR) is 97.4 cm³/mol. The summed E-state index contributed by atoms with van der Waals surface area (Å²) < 4.78 is 5.20. The number of carbonyl (C=O) groups excluding carboxylic acids is 2. The van der Waals surface area contributed by atoms with Crippen molar-refractivity contribution >= 4 is 22.6 Å². The van der Waals surface area contributed by atoms with Gasteiger partial charge < -0.3 is 19.2 Å². The lowest BCUT2D eigenvalue weighted by molar-refractivity contribution is -0.917. The van der Waals surface area contributed by atoms with Crippen molar-refractivity contribution in [3.8, 4) is 0 Å². The lowest BCUT2D eigenvalue weighted by Crippen LogP contribution is -3.18. The predicted octanol–water partition coefficient (Wildman–Crippen LogP) is 1.37. The molecule has 0 radical (unpaired) electrons. The highest BCUT2D eigenvalue weighted by Gasteiger charge is 2.32. The number of nitrogens with one attached hydrogen (secondary N) is 2. The highest BCUT2D eigenvalue weighted by atomic mass is 16.3. The number of aromatic nitrogens is 1. The topological polar surface area (TPSA) is 70.8 Å². The molecule has 0 spiro atoms. The molecule has 6 heteroatoms. The second-order valence-electron chi connectivity index (χ2n) is 6.76. The van der Waals surface area contributed by atoms with Crippen molar-refractivity contribution < 1.29 is 18.9 Å². The van der Waals surface area contributed by atoms with Gasteiger partial charge in [0.25, 0.3) is 5.91 Å². The molecule has 0 bridgehead atoms. The van der Waals surface area contributed by atoms with Crippen molar-refractivity contribution in [3.63, 3.8) is 0 Å². The molecule has 4 rings (SSSR count). The fourth-order valence-corrected chi connectivity index (χ4v) is 3.68. The molecule has 26 heavy (non-hydrogen) atoms. The van der Waals surface area contributed by atoms with Crippen LogP contribution in [-0.4, -0.2) is 53.8 Å². The van der Waals surface area contributed by atoms with Crippen LogP contribution in [0.3, 0.4) is 0 Å². The Labute approximate surface area is 151 Å². The number of hydrogen-bond acceptors (Lipinski definition) is 3. The summed E-state index contributed by atoms with van der Waals surface area (Å²) in [5.74, 6) is 0.435. The lowest BCUT2D eigenvalue weighted by Gasteiger charge is -2.34. The van der Waals surface area contributed by atoms with Crippen LogP contribution in [0.15, 0.2) is 53.3 Å². The Morgan fingerprint density at radius 2 is 1.92 bits per heavy atom. The molecule has 1 atom stereocenters. The van der Waals surface area contributed by atoms with Gasteiger partial charge in [0, 0.05) is 22.7 Å². The van der Waals surface area contributed by atoms with Crippen molar-refractivity contribution in [2.24, 2.45) is 0 Å². The van der Waals surface area contributed by atoms with Crippen LogP contribution in [0.2, 0.25) is 0 Å². The quantitative estimate of drug-likeness (QED) is 0.697. The zero-order valence-corrected chi connectivity index (χ0v) is 14.7. The van der Waals surface area contributed by atoms with Gasteiger partial charge in [-0.3, -0.25) is 9.59 Å². The zero-order chi connectivity index (χ0) is 18.1. The van der Waals surface area contributed by atoms with Crippen molar-refractivity contribution in [2.45, 2.75) is 13.0 Å². The fraction of sp³-hybridized carbons (Fsp3) is 0.300. The molecule has 3 aromatic rings. The number of ketones is 1. The third-order valence-corrected chi connectivity index (χ3v) is 5.29. The second kappa shape index (κ2) is 6.80. The van der Waals surface area contributed by atoms with Gasteiger partial charge in [-0.05, 0) is 25.1 Å². The number of Topliss-reactive ketones (excluding diaryl/α,β-unsaturated/α-hetero) is 1. The highest BCUT2D eigenvalue weighted by Crippen LogP contribution is 2.18. The standard InChI is InChI=1S/C20H21N3O3/c1-14(19(24)16-13-21-17-6-3-2-5-15(16)17)22-8-10-23(11-9-22)20(25)18-7-4-12-26-18/h2-7,12-14,21H,8-11H2,1H3/p+1/t14-/m1/s1. The molecule has 1 aliphatic rings. The number of benzene rings is 1. The Morgan fingerprint density at radius 1 is 1.15 bits per heavy atom. The van der Waals surface area contributed by atoms with Gasteiger partial charge in [-0.2, -0.15) is 0 Å². The Bertz CT molecular complexity index is 921. The van der Waals surface area contributed by atoms with Crippen LogP contribution in [0.1, 0.15) is 27.8 Å². The van der Waals surface area contributed by atoms with Crippen molar-refractivity contribution in [3.05, 3.63) is 60.2 Å². The molecule has 2 N–H and O–H groups in total. The van der Waals surface area contributed by atoms with E-state index in [2.05, 4.69) is 4.98 Å². The number of para-hydroxylation sites is 1. The molecule has 1 saturated heterocycles. The molecule has 0 unspecified atom stereocenters. The maximum atomic E-state index is 13.0. The molecule has 1 aliphatic heterocycles. The number of piperazine rings is 1. The highest BCUT2D eigenvalue weighted by molar-refractivity contribution is 6.09. The molecule has 0 saturated carbocycles. The van der Waals surface area contributed by atoms with E-state index >= 15 is 0 Å². The number of amides is 1. The number of quaternary nitrogens is 1. The number of aromatic amines is 1. The average Bonchev–Trinajstić information content (AvgIpc) is 3.36. The summed E-state index contributed by atoms with van der Waals surface area (Å²) in [4.78, 5) is 31.5. The number of carbonyl (C=O) groups is 2. The van der Waals surface area contributed by atoms with E-state index in [4.69, 9.17) is 4.42 Å². The largest absolute Gasteiger partial charge is 0.459 e. The molecular formula is C20H22N3O3+. The molecule has 1 aromatic carbocycles. The Kier molecular flexibility index (Phi) is 4.34. The van der Waals surface area contributed by atoms with Crippen LogP contribution in [0.25, 0.3) is 10.9 Å². The number of rotatable bonds is 4. The Hall–Kier alpha value is -2.86. The van der Waals surface area contributed by atoms with Gasteiger partial charge >= 0.3 is 0 Å². The van der Waals surface area contributed by atoms with Crippen LogP contribution in [0, 0.1) is 0 Å². The van der Waals surface area contributed by atoms with Crippen LogP contribution in [0.5, 0.6) is 0 Å². The number of fused-ring (bicyclic) bond motifs is 1. The molecule has 3 heterocycles. The molecule has 1 fully saturated rings. The fourth-order valence-electron chi connectivity index (χ4n) is 3.68. The van der Waals surface area contributed by atoms with Gasteiger partial charge in [-0.1, -0.05) is 18.2 Å². The SMILES string of the molecule is C[C@H](C(=O)c1c[nH]c2ccccc12)[NH+]1CCN(C(=O)c2ccco2)CC1. The summed E-state index contributed by atoms with van der Waals surface area (Å²) >= 11 is 0. The first-order valence-electron chi connectivity index (χ1n) is 8.93. The van der Waals surface area contributed by atoms with E-state index in [1.54, 1.807) is 23.2 Å².